The highest BCUT2D eigenvalue weighted by molar-refractivity contribution is 9.10. The number of nitro groups is 1. The number of benzene rings is 2. The molecule has 2 rings (SSSR count). The third-order valence-corrected chi connectivity index (χ3v) is 3.61. The van der Waals surface area contributed by atoms with E-state index in [2.05, 4.69) is 27.3 Å². The highest BCUT2D eigenvalue weighted by Gasteiger charge is 2.11. The van der Waals surface area contributed by atoms with E-state index in [-0.39, 0.29) is 5.69 Å². The van der Waals surface area contributed by atoms with Crippen LogP contribution in [0.2, 0.25) is 0 Å². The Balaban J connectivity index is 2.04. The van der Waals surface area contributed by atoms with Crippen LogP contribution in [0.15, 0.2) is 46.9 Å². The van der Waals surface area contributed by atoms with Crippen LogP contribution in [-0.2, 0) is 13.0 Å². The SMILES string of the molecule is N#CCc1ccc(NCc2ccc(Br)c([N+](=O)[O-])c2)cc1. The lowest BCUT2D eigenvalue weighted by Crippen LogP contribution is -2.00. The molecule has 0 unspecified atom stereocenters. The highest BCUT2D eigenvalue weighted by atomic mass is 79.9. The van der Waals surface area contributed by atoms with Crippen LogP contribution in [0.3, 0.4) is 0 Å². The molecule has 0 atom stereocenters. The monoisotopic (exact) mass is 345 g/mol. The molecule has 106 valence electrons. The lowest BCUT2D eigenvalue weighted by atomic mass is 10.1. The first-order valence-electron chi connectivity index (χ1n) is 6.22. The molecule has 0 saturated carbocycles. The summed E-state index contributed by atoms with van der Waals surface area (Å²) in [6.07, 6.45) is 0.388. The zero-order valence-corrected chi connectivity index (χ0v) is 12.6. The van der Waals surface area contributed by atoms with Crippen LogP contribution in [0.4, 0.5) is 11.4 Å². The molecule has 5 nitrogen and oxygen atoms in total. The van der Waals surface area contributed by atoms with Crippen LogP contribution in [0.1, 0.15) is 11.1 Å². The summed E-state index contributed by atoms with van der Waals surface area (Å²) in [7, 11) is 0. The van der Waals surface area contributed by atoms with Crippen LogP contribution in [0, 0.1) is 21.4 Å². The maximum atomic E-state index is 10.9. The quantitative estimate of drug-likeness (QED) is 0.655. The fourth-order valence-corrected chi connectivity index (χ4v) is 2.24. The summed E-state index contributed by atoms with van der Waals surface area (Å²) in [4.78, 5) is 10.5. The molecule has 0 heterocycles. The minimum Gasteiger partial charge on any atom is -0.381 e. The van der Waals surface area contributed by atoms with Crippen molar-refractivity contribution >= 4 is 27.3 Å². The molecule has 0 bridgehead atoms. The van der Waals surface area contributed by atoms with E-state index in [1.54, 1.807) is 12.1 Å². The van der Waals surface area contributed by atoms with Crippen molar-refractivity contribution in [2.75, 3.05) is 5.32 Å². The normalized spacial score (nSPS) is 9.90. The van der Waals surface area contributed by atoms with E-state index in [1.165, 1.54) is 0 Å². The fourth-order valence-electron chi connectivity index (χ4n) is 1.84. The second-order valence-electron chi connectivity index (χ2n) is 4.43. The number of anilines is 1. The van der Waals surface area contributed by atoms with Gasteiger partial charge in [0.2, 0.25) is 0 Å². The van der Waals surface area contributed by atoms with Gasteiger partial charge in [-0.05, 0) is 45.3 Å². The molecule has 0 aromatic heterocycles. The zero-order chi connectivity index (χ0) is 15.2. The molecule has 0 fully saturated rings. The summed E-state index contributed by atoms with van der Waals surface area (Å²) in [6, 6.07) is 14.7. The van der Waals surface area contributed by atoms with Crippen molar-refractivity contribution in [3.05, 3.63) is 68.2 Å². The van der Waals surface area contributed by atoms with Gasteiger partial charge in [-0.15, -0.1) is 0 Å². The Hall–Kier alpha value is -2.39. The van der Waals surface area contributed by atoms with Gasteiger partial charge in [-0.3, -0.25) is 10.1 Å². The molecule has 0 amide bonds. The summed E-state index contributed by atoms with van der Waals surface area (Å²) >= 11 is 3.16. The summed E-state index contributed by atoms with van der Waals surface area (Å²) in [5.74, 6) is 0. The van der Waals surface area contributed by atoms with E-state index in [0.717, 1.165) is 16.8 Å². The minimum atomic E-state index is -0.412. The number of hydrogen-bond acceptors (Lipinski definition) is 4. The smallest absolute Gasteiger partial charge is 0.283 e. The van der Waals surface area contributed by atoms with E-state index in [4.69, 9.17) is 5.26 Å². The van der Waals surface area contributed by atoms with Crippen molar-refractivity contribution in [3.63, 3.8) is 0 Å². The van der Waals surface area contributed by atoms with Gasteiger partial charge < -0.3 is 5.32 Å². The number of nitrogens with zero attached hydrogens (tertiary/aromatic N) is 2. The van der Waals surface area contributed by atoms with Gasteiger partial charge in [0.05, 0.1) is 21.9 Å². The molecule has 0 aliphatic rings. The summed E-state index contributed by atoms with van der Waals surface area (Å²) in [6.45, 7) is 0.492. The lowest BCUT2D eigenvalue weighted by molar-refractivity contribution is -0.385. The molecule has 2 aromatic carbocycles. The Bertz CT molecular complexity index is 693. The highest BCUT2D eigenvalue weighted by Crippen LogP contribution is 2.26. The van der Waals surface area contributed by atoms with Crippen LogP contribution >= 0.6 is 15.9 Å². The van der Waals surface area contributed by atoms with Gasteiger partial charge in [0, 0.05) is 18.3 Å². The number of nitriles is 1. The summed E-state index contributed by atoms with van der Waals surface area (Å²) in [5.41, 5.74) is 2.74. The van der Waals surface area contributed by atoms with E-state index in [1.807, 2.05) is 30.3 Å². The Labute approximate surface area is 130 Å². The molecular formula is C15H12BrN3O2. The molecule has 2 aromatic rings. The molecule has 21 heavy (non-hydrogen) atoms. The Morgan fingerprint density at radius 1 is 1.19 bits per heavy atom. The van der Waals surface area contributed by atoms with Gasteiger partial charge in [0.25, 0.3) is 5.69 Å². The van der Waals surface area contributed by atoms with Crippen LogP contribution in [0.25, 0.3) is 0 Å². The van der Waals surface area contributed by atoms with Gasteiger partial charge in [0.1, 0.15) is 0 Å². The van der Waals surface area contributed by atoms with Crippen molar-refractivity contribution in [1.29, 1.82) is 5.26 Å². The molecule has 6 heteroatoms. The van der Waals surface area contributed by atoms with Crippen LogP contribution in [-0.4, -0.2) is 4.92 Å². The first-order chi connectivity index (χ1) is 10.1. The Kier molecular flexibility index (Phi) is 4.90. The van der Waals surface area contributed by atoms with Gasteiger partial charge in [-0.1, -0.05) is 18.2 Å². The van der Waals surface area contributed by atoms with Gasteiger partial charge in [0.15, 0.2) is 0 Å². The van der Waals surface area contributed by atoms with Crippen molar-refractivity contribution in [2.24, 2.45) is 0 Å². The van der Waals surface area contributed by atoms with Gasteiger partial charge in [-0.2, -0.15) is 5.26 Å². The second-order valence-corrected chi connectivity index (χ2v) is 5.28. The van der Waals surface area contributed by atoms with Crippen molar-refractivity contribution in [1.82, 2.24) is 0 Å². The first kappa shape index (κ1) is 15.0. The molecule has 0 aliphatic heterocycles. The summed E-state index contributed by atoms with van der Waals surface area (Å²) in [5, 5.41) is 22.7. The maximum Gasteiger partial charge on any atom is 0.283 e. The summed E-state index contributed by atoms with van der Waals surface area (Å²) < 4.78 is 0.470. The number of hydrogen-bond donors (Lipinski definition) is 1. The zero-order valence-electron chi connectivity index (χ0n) is 11.0. The largest absolute Gasteiger partial charge is 0.381 e. The van der Waals surface area contributed by atoms with E-state index >= 15 is 0 Å². The first-order valence-corrected chi connectivity index (χ1v) is 7.02. The number of nitrogens with one attached hydrogen (secondary N) is 1. The third-order valence-electron chi connectivity index (χ3n) is 2.94. The van der Waals surface area contributed by atoms with E-state index < -0.39 is 4.92 Å². The fraction of sp³-hybridized carbons (Fsp3) is 0.133. The molecule has 0 saturated heterocycles. The van der Waals surface area contributed by atoms with E-state index in [9.17, 15) is 10.1 Å². The standard InChI is InChI=1S/C15H12BrN3O2/c16-14-6-3-12(9-15(14)19(20)21)10-18-13-4-1-11(2-5-13)7-8-17/h1-6,9,18H,7,10H2. The van der Waals surface area contributed by atoms with Crippen molar-refractivity contribution in [3.8, 4) is 6.07 Å². The lowest BCUT2D eigenvalue weighted by Gasteiger charge is -2.07. The Morgan fingerprint density at radius 2 is 1.86 bits per heavy atom. The van der Waals surface area contributed by atoms with Gasteiger partial charge >= 0.3 is 0 Å². The second kappa shape index (κ2) is 6.86. The Morgan fingerprint density at radius 3 is 2.48 bits per heavy atom. The molecule has 0 aliphatic carbocycles. The molecule has 1 N–H and O–H groups in total. The molecule has 0 radical (unpaired) electrons. The van der Waals surface area contributed by atoms with Crippen LogP contribution < -0.4 is 5.32 Å². The molecular weight excluding hydrogens is 334 g/mol. The minimum absolute atomic E-state index is 0.0543. The van der Waals surface area contributed by atoms with Gasteiger partial charge in [-0.25, -0.2) is 0 Å². The number of rotatable bonds is 5. The number of halogens is 1. The molecule has 0 spiro atoms. The predicted molar refractivity (Wildman–Crippen MR) is 83.9 cm³/mol. The topological polar surface area (TPSA) is 79.0 Å². The van der Waals surface area contributed by atoms with E-state index in [0.29, 0.717) is 17.4 Å². The van der Waals surface area contributed by atoms with Crippen molar-refractivity contribution in [2.45, 2.75) is 13.0 Å². The predicted octanol–water partition coefficient (Wildman–Crippen LogP) is 4.04. The number of nitro benzene ring substituents is 1. The third kappa shape index (κ3) is 4.04. The average molecular weight is 346 g/mol. The maximum absolute atomic E-state index is 10.9. The van der Waals surface area contributed by atoms with Crippen molar-refractivity contribution < 1.29 is 4.92 Å². The van der Waals surface area contributed by atoms with Crippen LogP contribution in [0.5, 0.6) is 0 Å². The average Bonchev–Trinajstić information content (AvgIpc) is 2.48.